The topological polar surface area (TPSA) is 43.4 Å². The summed E-state index contributed by atoms with van der Waals surface area (Å²) in [5.74, 6) is -0.120. The predicted molar refractivity (Wildman–Crippen MR) is 70.9 cm³/mol. The zero-order valence-electron chi connectivity index (χ0n) is 9.30. The van der Waals surface area contributed by atoms with Gasteiger partial charge in [-0.3, -0.25) is 4.79 Å². The average Bonchev–Trinajstić information content (AvgIpc) is 2.39. The number of halogens is 1. The molecule has 2 aromatic carbocycles. The van der Waals surface area contributed by atoms with Gasteiger partial charge in [0, 0.05) is 10.0 Å². The Balaban J connectivity index is 2.21. The monoisotopic (exact) mass is 304 g/mol. The molecule has 2 aromatic rings. The second-order valence-corrected chi connectivity index (χ2v) is 4.41. The molecule has 0 spiro atoms. The fourth-order valence-corrected chi connectivity index (χ4v) is 1.89. The molecule has 0 amide bonds. The molecule has 0 N–H and O–H groups in total. The van der Waals surface area contributed by atoms with Gasteiger partial charge in [-0.1, -0.05) is 24.3 Å². The first-order chi connectivity index (χ1) is 8.70. The second-order valence-electron chi connectivity index (χ2n) is 3.56. The minimum atomic E-state index is -0.467. The summed E-state index contributed by atoms with van der Waals surface area (Å²) in [5, 5.41) is 0. The highest BCUT2D eigenvalue weighted by Crippen LogP contribution is 2.19. The molecular weight excluding hydrogens is 296 g/mol. The standard InChI is InChI=1S/C14H9BrO3/c15-13-7-2-1-6-12(13)14(17)18-11-5-3-4-10(8-11)9-16/h1-9H. The van der Waals surface area contributed by atoms with Crippen LogP contribution in [0.3, 0.4) is 0 Å². The fourth-order valence-electron chi connectivity index (χ4n) is 1.44. The largest absolute Gasteiger partial charge is 0.423 e. The molecule has 0 bridgehead atoms. The molecule has 0 aliphatic heterocycles. The van der Waals surface area contributed by atoms with Gasteiger partial charge in [-0.05, 0) is 40.2 Å². The lowest BCUT2D eigenvalue weighted by Crippen LogP contribution is -2.09. The van der Waals surface area contributed by atoms with E-state index >= 15 is 0 Å². The molecule has 90 valence electrons. The van der Waals surface area contributed by atoms with Crippen LogP contribution in [0.5, 0.6) is 5.75 Å². The van der Waals surface area contributed by atoms with Crippen LogP contribution in [0, 0.1) is 0 Å². The normalized spacial score (nSPS) is 9.83. The highest BCUT2D eigenvalue weighted by molar-refractivity contribution is 9.10. The van der Waals surface area contributed by atoms with Crippen LogP contribution < -0.4 is 4.74 Å². The van der Waals surface area contributed by atoms with E-state index < -0.39 is 5.97 Å². The van der Waals surface area contributed by atoms with E-state index in [4.69, 9.17) is 4.74 Å². The molecule has 4 heteroatoms. The smallest absolute Gasteiger partial charge is 0.344 e. The minimum Gasteiger partial charge on any atom is -0.423 e. The molecule has 0 aliphatic carbocycles. The van der Waals surface area contributed by atoms with Gasteiger partial charge in [-0.2, -0.15) is 0 Å². The Morgan fingerprint density at radius 1 is 1.11 bits per heavy atom. The van der Waals surface area contributed by atoms with E-state index in [9.17, 15) is 9.59 Å². The van der Waals surface area contributed by atoms with Crippen LogP contribution in [0.4, 0.5) is 0 Å². The van der Waals surface area contributed by atoms with Gasteiger partial charge in [-0.15, -0.1) is 0 Å². The maximum Gasteiger partial charge on any atom is 0.344 e. The maximum atomic E-state index is 11.9. The number of rotatable bonds is 3. The number of benzene rings is 2. The minimum absolute atomic E-state index is 0.348. The summed E-state index contributed by atoms with van der Waals surface area (Å²) in [4.78, 5) is 22.5. The molecule has 0 aliphatic rings. The zero-order chi connectivity index (χ0) is 13.0. The van der Waals surface area contributed by atoms with E-state index in [1.807, 2.05) is 6.07 Å². The first-order valence-corrected chi connectivity index (χ1v) is 6.02. The number of esters is 1. The zero-order valence-corrected chi connectivity index (χ0v) is 10.9. The second kappa shape index (κ2) is 5.60. The molecule has 18 heavy (non-hydrogen) atoms. The van der Waals surface area contributed by atoms with Crippen LogP contribution in [-0.2, 0) is 0 Å². The lowest BCUT2D eigenvalue weighted by atomic mass is 10.2. The van der Waals surface area contributed by atoms with E-state index in [0.29, 0.717) is 27.6 Å². The number of hydrogen-bond acceptors (Lipinski definition) is 3. The van der Waals surface area contributed by atoms with Crippen molar-refractivity contribution in [2.24, 2.45) is 0 Å². The van der Waals surface area contributed by atoms with E-state index in [1.54, 1.807) is 36.4 Å². The van der Waals surface area contributed by atoms with Crippen molar-refractivity contribution in [1.29, 1.82) is 0 Å². The van der Waals surface area contributed by atoms with E-state index in [2.05, 4.69) is 15.9 Å². The summed E-state index contributed by atoms with van der Waals surface area (Å²) in [6.45, 7) is 0. The van der Waals surface area contributed by atoms with Crippen LogP contribution in [-0.4, -0.2) is 12.3 Å². The highest BCUT2D eigenvalue weighted by Gasteiger charge is 2.11. The third-order valence-electron chi connectivity index (χ3n) is 2.30. The van der Waals surface area contributed by atoms with Crippen molar-refractivity contribution in [3.05, 3.63) is 64.1 Å². The fraction of sp³-hybridized carbons (Fsp3) is 0. The average molecular weight is 305 g/mol. The van der Waals surface area contributed by atoms with Crippen molar-refractivity contribution in [2.75, 3.05) is 0 Å². The molecule has 0 unspecified atom stereocenters. The van der Waals surface area contributed by atoms with Gasteiger partial charge in [0.2, 0.25) is 0 Å². The van der Waals surface area contributed by atoms with Crippen LogP contribution in [0.15, 0.2) is 53.0 Å². The molecule has 0 radical (unpaired) electrons. The summed E-state index contributed by atoms with van der Waals surface area (Å²) >= 11 is 3.28. The lowest BCUT2D eigenvalue weighted by molar-refractivity contribution is 0.0733. The van der Waals surface area contributed by atoms with Gasteiger partial charge in [0.25, 0.3) is 0 Å². The molecule has 0 aromatic heterocycles. The van der Waals surface area contributed by atoms with Crippen LogP contribution >= 0.6 is 15.9 Å². The molecule has 0 fully saturated rings. The first-order valence-electron chi connectivity index (χ1n) is 5.22. The van der Waals surface area contributed by atoms with Crippen molar-refractivity contribution >= 4 is 28.2 Å². The number of carbonyl (C=O) groups is 2. The van der Waals surface area contributed by atoms with Crippen molar-refractivity contribution in [1.82, 2.24) is 0 Å². The Kier molecular flexibility index (Phi) is 3.89. The van der Waals surface area contributed by atoms with Gasteiger partial charge >= 0.3 is 5.97 Å². The van der Waals surface area contributed by atoms with Crippen molar-refractivity contribution in [3.63, 3.8) is 0 Å². The van der Waals surface area contributed by atoms with Gasteiger partial charge in [0.15, 0.2) is 0 Å². The quantitative estimate of drug-likeness (QED) is 0.495. The lowest BCUT2D eigenvalue weighted by Gasteiger charge is -2.05. The summed E-state index contributed by atoms with van der Waals surface area (Å²) in [6, 6.07) is 13.4. The third-order valence-corrected chi connectivity index (χ3v) is 2.99. The Morgan fingerprint density at radius 3 is 2.61 bits per heavy atom. The van der Waals surface area contributed by atoms with E-state index in [0.717, 1.165) is 0 Å². The van der Waals surface area contributed by atoms with Crippen molar-refractivity contribution in [3.8, 4) is 5.75 Å². The van der Waals surface area contributed by atoms with Crippen LogP contribution in [0.2, 0.25) is 0 Å². The van der Waals surface area contributed by atoms with Crippen LogP contribution in [0.25, 0.3) is 0 Å². The molecule has 0 heterocycles. The Hall–Kier alpha value is -1.94. The molecule has 0 saturated heterocycles. The summed E-state index contributed by atoms with van der Waals surface area (Å²) < 4.78 is 5.86. The van der Waals surface area contributed by atoms with Crippen molar-refractivity contribution in [2.45, 2.75) is 0 Å². The van der Waals surface area contributed by atoms with Gasteiger partial charge in [-0.25, -0.2) is 4.79 Å². The number of hydrogen-bond donors (Lipinski definition) is 0. The SMILES string of the molecule is O=Cc1cccc(OC(=O)c2ccccc2Br)c1. The van der Waals surface area contributed by atoms with Gasteiger partial charge in [0.05, 0.1) is 5.56 Å². The summed E-state index contributed by atoms with van der Waals surface area (Å²) in [7, 11) is 0. The predicted octanol–water partition coefficient (Wildman–Crippen LogP) is 3.48. The molecule has 0 saturated carbocycles. The Bertz CT molecular complexity index is 593. The first kappa shape index (κ1) is 12.5. The number of aldehydes is 1. The third kappa shape index (κ3) is 2.84. The van der Waals surface area contributed by atoms with E-state index in [-0.39, 0.29) is 0 Å². The Labute approximate surface area is 113 Å². The van der Waals surface area contributed by atoms with Crippen molar-refractivity contribution < 1.29 is 14.3 Å². The molecular formula is C14H9BrO3. The summed E-state index contributed by atoms with van der Waals surface area (Å²) in [5.41, 5.74) is 0.904. The summed E-state index contributed by atoms with van der Waals surface area (Å²) in [6.07, 6.45) is 0.704. The van der Waals surface area contributed by atoms with E-state index in [1.165, 1.54) is 6.07 Å². The Morgan fingerprint density at radius 2 is 1.89 bits per heavy atom. The highest BCUT2D eigenvalue weighted by atomic mass is 79.9. The van der Waals surface area contributed by atoms with Crippen LogP contribution in [0.1, 0.15) is 20.7 Å². The number of ether oxygens (including phenoxy) is 1. The molecule has 3 nitrogen and oxygen atoms in total. The number of carbonyl (C=O) groups excluding carboxylic acids is 2. The maximum absolute atomic E-state index is 11.9. The molecule has 0 atom stereocenters. The van der Waals surface area contributed by atoms with Gasteiger partial charge < -0.3 is 4.74 Å². The molecule has 2 rings (SSSR count). The van der Waals surface area contributed by atoms with Gasteiger partial charge in [0.1, 0.15) is 12.0 Å².